The van der Waals surface area contributed by atoms with Crippen LogP contribution in [0.25, 0.3) is 0 Å². The first-order chi connectivity index (χ1) is 9.87. The largest absolute Gasteiger partial charge is 0.495 e. The molecule has 0 fully saturated rings. The zero-order valence-electron chi connectivity index (χ0n) is 12.9. The van der Waals surface area contributed by atoms with Gasteiger partial charge in [0, 0.05) is 12.6 Å². The molecule has 0 heterocycles. The minimum absolute atomic E-state index is 0.120. The number of carbonyl (C=O) groups excluding carboxylic acids is 1. The van der Waals surface area contributed by atoms with Gasteiger partial charge in [0.05, 0.1) is 31.4 Å². The third kappa shape index (κ3) is 3.97. The van der Waals surface area contributed by atoms with Gasteiger partial charge in [-0.2, -0.15) is 0 Å². The number of hydrogen-bond acceptors (Lipinski definition) is 4. The van der Waals surface area contributed by atoms with E-state index in [0.717, 1.165) is 0 Å². The van der Waals surface area contributed by atoms with Crippen LogP contribution in [-0.4, -0.2) is 48.8 Å². The van der Waals surface area contributed by atoms with E-state index in [4.69, 9.17) is 10.5 Å². The molecule has 0 aliphatic rings. The maximum atomic E-state index is 12.5. The molecule has 1 aromatic carbocycles. The van der Waals surface area contributed by atoms with E-state index < -0.39 is 5.54 Å². The van der Waals surface area contributed by atoms with E-state index in [9.17, 15) is 9.90 Å². The number of nitrogens with two attached hydrogens (primary N) is 1. The van der Waals surface area contributed by atoms with E-state index in [1.165, 1.54) is 4.90 Å². The lowest BCUT2D eigenvalue weighted by atomic mass is 10.0. The van der Waals surface area contributed by atoms with Crippen molar-refractivity contribution in [1.82, 2.24) is 4.90 Å². The first kappa shape index (κ1) is 17.0. The van der Waals surface area contributed by atoms with Crippen molar-refractivity contribution in [1.29, 1.82) is 0 Å². The predicted octanol–water partition coefficient (Wildman–Crippen LogP) is 0.848. The normalized spacial score (nSPS) is 10.6. The van der Waals surface area contributed by atoms with Crippen LogP contribution in [-0.2, 0) is 0 Å². The van der Waals surface area contributed by atoms with Crippen LogP contribution >= 0.6 is 0 Å². The molecule has 5 heteroatoms. The van der Waals surface area contributed by atoms with Crippen molar-refractivity contribution in [2.24, 2.45) is 5.73 Å². The highest BCUT2D eigenvalue weighted by Crippen LogP contribution is 2.21. The summed E-state index contributed by atoms with van der Waals surface area (Å²) in [5, 5.41) is 9.36. The number of rotatable bonds is 4. The molecular formula is C16H22N2O3. The average molecular weight is 290 g/mol. The summed E-state index contributed by atoms with van der Waals surface area (Å²) < 4.78 is 5.22. The highest BCUT2D eigenvalue weighted by atomic mass is 16.5. The summed E-state index contributed by atoms with van der Waals surface area (Å²) in [7, 11) is 3.21. The number of nitrogens with zero attached hydrogens (tertiary/aromatic N) is 1. The second-order valence-electron chi connectivity index (χ2n) is 5.26. The first-order valence-corrected chi connectivity index (χ1v) is 6.63. The van der Waals surface area contributed by atoms with E-state index in [1.807, 2.05) is 0 Å². The van der Waals surface area contributed by atoms with E-state index in [1.54, 1.807) is 46.2 Å². The van der Waals surface area contributed by atoms with E-state index in [0.29, 0.717) is 16.9 Å². The summed E-state index contributed by atoms with van der Waals surface area (Å²) in [5.74, 6) is 6.05. The SMILES string of the molecule is COc1ccc(C(=O)N(C)C(C)(C)CO)cc1C#CCN. The molecule has 1 aromatic rings. The number of aliphatic hydroxyl groups is 1. The Bertz CT molecular complexity index is 571. The van der Waals surface area contributed by atoms with Crippen LogP contribution in [0.4, 0.5) is 0 Å². The fraction of sp³-hybridized carbons (Fsp3) is 0.438. The molecule has 0 radical (unpaired) electrons. The third-order valence-electron chi connectivity index (χ3n) is 3.37. The van der Waals surface area contributed by atoms with Crippen molar-refractivity contribution in [3.05, 3.63) is 29.3 Å². The molecule has 114 valence electrons. The quantitative estimate of drug-likeness (QED) is 0.806. The van der Waals surface area contributed by atoms with Gasteiger partial charge in [-0.15, -0.1) is 0 Å². The van der Waals surface area contributed by atoms with E-state index >= 15 is 0 Å². The standard InChI is InChI=1S/C16H22N2O3/c1-16(2,11-19)18(3)15(20)13-7-8-14(21-4)12(10-13)6-5-9-17/h7-8,10,19H,9,11,17H2,1-4H3. The fourth-order valence-corrected chi connectivity index (χ4v) is 1.66. The fourth-order valence-electron chi connectivity index (χ4n) is 1.66. The van der Waals surface area contributed by atoms with Crippen molar-refractivity contribution in [2.75, 3.05) is 27.3 Å². The van der Waals surface area contributed by atoms with Gasteiger partial charge in [-0.1, -0.05) is 11.8 Å². The van der Waals surface area contributed by atoms with Crippen molar-refractivity contribution in [3.63, 3.8) is 0 Å². The summed E-state index contributed by atoms with van der Waals surface area (Å²) in [5.41, 5.74) is 5.83. The summed E-state index contributed by atoms with van der Waals surface area (Å²) >= 11 is 0. The molecule has 0 atom stereocenters. The predicted molar refractivity (Wildman–Crippen MR) is 82.2 cm³/mol. The number of hydrogen-bond donors (Lipinski definition) is 2. The Morgan fingerprint density at radius 2 is 2.14 bits per heavy atom. The van der Waals surface area contributed by atoms with Gasteiger partial charge in [0.1, 0.15) is 5.75 Å². The number of likely N-dealkylation sites (N-methyl/N-ethyl adjacent to an activating group) is 1. The van der Waals surface area contributed by atoms with Crippen molar-refractivity contribution in [3.8, 4) is 17.6 Å². The smallest absolute Gasteiger partial charge is 0.254 e. The number of methoxy groups -OCH3 is 1. The van der Waals surface area contributed by atoms with Crippen LogP contribution in [0.5, 0.6) is 5.75 Å². The van der Waals surface area contributed by atoms with Crippen LogP contribution in [0, 0.1) is 11.8 Å². The molecule has 21 heavy (non-hydrogen) atoms. The Balaban J connectivity index is 3.17. The summed E-state index contributed by atoms with van der Waals surface area (Å²) in [6, 6.07) is 5.06. The molecule has 0 aliphatic carbocycles. The van der Waals surface area contributed by atoms with Crippen molar-refractivity contribution in [2.45, 2.75) is 19.4 Å². The molecule has 0 bridgehead atoms. The molecule has 1 rings (SSSR count). The summed E-state index contributed by atoms with van der Waals surface area (Å²) in [4.78, 5) is 14.0. The summed E-state index contributed by atoms with van der Waals surface area (Å²) in [6.07, 6.45) is 0. The third-order valence-corrected chi connectivity index (χ3v) is 3.37. The van der Waals surface area contributed by atoms with Crippen LogP contribution in [0.2, 0.25) is 0 Å². The minimum Gasteiger partial charge on any atom is -0.495 e. The van der Waals surface area contributed by atoms with E-state index in [-0.39, 0.29) is 19.1 Å². The van der Waals surface area contributed by atoms with Gasteiger partial charge in [0.2, 0.25) is 0 Å². The van der Waals surface area contributed by atoms with Gasteiger partial charge in [0.15, 0.2) is 0 Å². The average Bonchev–Trinajstić information content (AvgIpc) is 2.50. The molecular weight excluding hydrogens is 268 g/mol. The number of aliphatic hydroxyl groups excluding tert-OH is 1. The molecule has 0 saturated heterocycles. The number of ether oxygens (including phenoxy) is 1. The molecule has 0 aromatic heterocycles. The van der Waals surface area contributed by atoms with Gasteiger partial charge in [0.25, 0.3) is 5.91 Å². The van der Waals surface area contributed by atoms with Crippen molar-refractivity contribution >= 4 is 5.91 Å². The number of carbonyl (C=O) groups is 1. The van der Waals surface area contributed by atoms with Gasteiger partial charge >= 0.3 is 0 Å². The lowest BCUT2D eigenvalue weighted by molar-refractivity contribution is 0.0473. The Morgan fingerprint density at radius 3 is 2.67 bits per heavy atom. The first-order valence-electron chi connectivity index (χ1n) is 6.63. The minimum atomic E-state index is -0.639. The number of amides is 1. The van der Waals surface area contributed by atoms with Gasteiger partial charge in [-0.25, -0.2) is 0 Å². The molecule has 3 N–H and O–H groups in total. The Morgan fingerprint density at radius 1 is 1.48 bits per heavy atom. The molecule has 5 nitrogen and oxygen atoms in total. The lowest BCUT2D eigenvalue weighted by Crippen LogP contribution is -2.47. The molecule has 0 aliphatic heterocycles. The maximum absolute atomic E-state index is 12.5. The zero-order chi connectivity index (χ0) is 16.0. The molecule has 0 saturated carbocycles. The number of benzene rings is 1. The van der Waals surface area contributed by atoms with Crippen LogP contribution in [0.3, 0.4) is 0 Å². The van der Waals surface area contributed by atoms with Crippen molar-refractivity contribution < 1.29 is 14.6 Å². The second kappa shape index (κ2) is 7.11. The van der Waals surface area contributed by atoms with Gasteiger partial charge < -0.3 is 20.5 Å². The van der Waals surface area contributed by atoms with Crippen LogP contribution in [0.1, 0.15) is 29.8 Å². The zero-order valence-corrected chi connectivity index (χ0v) is 12.9. The second-order valence-corrected chi connectivity index (χ2v) is 5.26. The molecule has 1 amide bonds. The van der Waals surface area contributed by atoms with Gasteiger partial charge in [-0.3, -0.25) is 4.79 Å². The highest BCUT2D eigenvalue weighted by Gasteiger charge is 2.27. The van der Waals surface area contributed by atoms with Crippen LogP contribution < -0.4 is 10.5 Å². The highest BCUT2D eigenvalue weighted by molar-refractivity contribution is 5.95. The monoisotopic (exact) mass is 290 g/mol. The molecule has 0 unspecified atom stereocenters. The summed E-state index contributed by atoms with van der Waals surface area (Å²) in [6.45, 7) is 3.71. The van der Waals surface area contributed by atoms with E-state index in [2.05, 4.69) is 11.8 Å². The van der Waals surface area contributed by atoms with Gasteiger partial charge in [-0.05, 0) is 32.0 Å². The Hall–Kier alpha value is -2.03. The topological polar surface area (TPSA) is 75.8 Å². The maximum Gasteiger partial charge on any atom is 0.254 e. The van der Waals surface area contributed by atoms with Crippen LogP contribution in [0.15, 0.2) is 18.2 Å². The Labute approximate surface area is 125 Å². The lowest BCUT2D eigenvalue weighted by Gasteiger charge is -2.34. The Kier molecular flexibility index (Phi) is 5.77. The molecule has 0 spiro atoms.